The van der Waals surface area contributed by atoms with E-state index in [-0.39, 0.29) is 5.75 Å². The average Bonchev–Trinajstić information content (AvgIpc) is 2.92. The van der Waals surface area contributed by atoms with E-state index in [4.69, 9.17) is 23.2 Å². The van der Waals surface area contributed by atoms with Crippen LogP contribution in [0, 0.1) is 0 Å². The van der Waals surface area contributed by atoms with Crippen LogP contribution < -0.4 is 5.32 Å². The maximum atomic E-state index is 9.82. The number of hydrogen-bond donors (Lipinski definition) is 2. The highest BCUT2D eigenvalue weighted by atomic mass is 35.5. The third-order valence-corrected chi connectivity index (χ3v) is 4.34. The first-order chi connectivity index (χ1) is 10.1. The number of aromatic nitrogens is 2. The molecule has 0 atom stereocenters. The summed E-state index contributed by atoms with van der Waals surface area (Å²) in [7, 11) is 0. The molecule has 0 spiro atoms. The molecule has 0 aliphatic heterocycles. The fourth-order valence-electron chi connectivity index (χ4n) is 1.73. The van der Waals surface area contributed by atoms with Crippen LogP contribution in [0.3, 0.4) is 0 Å². The van der Waals surface area contributed by atoms with Crippen molar-refractivity contribution in [3.05, 3.63) is 52.5 Å². The smallest absolute Gasteiger partial charge is 0.210 e. The van der Waals surface area contributed by atoms with E-state index in [0.717, 1.165) is 5.69 Å². The van der Waals surface area contributed by atoms with Crippen molar-refractivity contribution in [2.24, 2.45) is 0 Å². The van der Waals surface area contributed by atoms with Crippen LogP contribution in [0.2, 0.25) is 10.0 Å². The van der Waals surface area contributed by atoms with Crippen LogP contribution in [-0.2, 0) is 0 Å². The van der Waals surface area contributed by atoms with Gasteiger partial charge in [0, 0.05) is 5.69 Å². The summed E-state index contributed by atoms with van der Waals surface area (Å²) < 4.78 is 0. The number of halogens is 2. The standard InChI is InChI=1S/C14H9Cl2N3OS/c15-10-6-5-8(7-11(10)16)17-14-19-18-13(21-14)9-3-1-2-4-12(9)20/h1-7,20H,(H,17,19). The van der Waals surface area contributed by atoms with E-state index in [9.17, 15) is 5.11 Å². The van der Waals surface area contributed by atoms with Crippen LogP contribution in [0.5, 0.6) is 5.75 Å². The van der Waals surface area contributed by atoms with Crippen molar-refractivity contribution in [3.63, 3.8) is 0 Å². The number of benzene rings is 2. The SMILES string of the molecule is Oc1ccccc1-c1nnc(Nc2ccc(Cl)c(Cl)c2)s1. The highest BCUT2D eigenvalue weighted by Gasteiger charge is 2.10. The van der Waals surface area contributed by atoms with Crippen molar-refractivity contribution in [2.75, 3.05) is 5.32 Å². The Kier molecular flexibility index (Phi) is 3.96. The molecule has 0 fully saturated rings. The van der Waals surface area contributed by atoms with Crippen molar-refractivity contribution in [1.82, 2.24) is 10.2 Å². The van der Waals surface area contributed by atoms with Gasteiger partial charge < -0.3 is 10.4 Å². The first-order valence-corrected chi connectivity index (χ1v) is 7.54. The van der Waals surface area contributed by atoms with E-state index >= 15 is 0 Å². The van der Waals surface area contributed by atoms with Gasteiger partial charge in [0.15, 0.2) is 5.01 Å². The minimum atomic E-state index is 0.176. The first kappa shape index (κ1) is 14.1. The zero-order chi connectivity index (χ0) is 14.8. The lowest BCUT2D eigenvalue weighted by Gasteiger charge is -2.03. The summed E-state index contributed by atoms with van der Waals surface area (Å²) in [6.45, 7) is 0. The number of phenols is 1. The molecule has 0 aliphatic rings. The molecule has 2 aromatic carbocycles. The number of nitrogens with zero attached hydrogens (tertiary/aromatic N) is 2. The molecule has 0 saturated carbocycles. The maximum absolute atomic E-state index is 9.82. The lowest BCUT2D eigenvalue weighted by atomic mass is 10.2. The molecule has 0 saturated heterocycles. The summed E-state index contributed by atoms with van der Waals surface area (Å²) in [4.78, 5) is 0. The van der Waals surface area contributed by atoms with Crippen LogP contribution in [0.1, 0.15) is 0 Å². The Bertz CT molecular complexity index is 791. The molecule has 7 heteroatoms. The van der Waals surface area contributed by atoms with Gasteiger partial charge in [-0.25, -0.2) is 0 Å². The molecule has 1 aromatic heterocycles. The number of rotatable bonds is 3. The Labute approximate surface area is 135 Å². The second-order valence-electron chi connectivity index (χ2n) is 4.18. The molecule has 0 aliphatic carbocycles. The van der Waals surface area contributed by atoms with Gasteiger partial charge in [-0.05, 0) is 30.3 Å². The zero-order valence-corrected chi connectivity index (χ0v) is 12.9. The number of aromatic hydroxyl groups is 1. The van der Waals surface area contributed by atoms with Gasteiger partial charge in [-0.2, -0.15) is 0 Å². The van der Waals surface area contributed by atoms with E-state index in [1.807, 2.05) is 6.07 Å². The number of phenolic OH excluding ortho intramolecular Hbond substituents is 1. The molecule has 2 N–H and O–H groups in total. The molecule has 0 radical (unpaired) electrons. The van der Waals surface area contributed by atoms with Gasteiger partial charge in [-0.15, -0.1) is 10.2 Å². The molecule has 3 aromatic rings. The molecular formula is C14H9Cl2N3OS. The van der Waals surface area contributed by atoms with E-state index in [0.29, 0.717) is 25.7 Å². The quantitative estimate of drug-likeness (QED) is 0.709. The highest BCUT2D eigenvalue weighted by molar-refractivity contribution is 7.18. The third kappa shape index (κ3) is 3.10. The van der Waals surface area contributed by atoms with Gasteiger partial charge in [0.05, 0.1) is 15.6 Å². The van der Waals surface area contributed by atoms with Crippen LogP contribution in [-0.4, -0.2) is 15.3 Å². The minimum Gasteiger partial charge on any atom is -0.507 e. The van der Waals surface area contributed by atoms with Gasteiger partial charge in [0.2, 0.25) is 5.13 Å². The Hall–Kier alpha value is -1.82. The molecule has 0 unspecified atom stereocenters. The van der Waals surface area contributed by atoms with Gasteiger partial charge in [-0.3, -0.25) is 0 Å². The fourth-order valence-corrected chi connectivity index (χ4v) is 2.83. The lowest BCUT2D eigenvalue weighted by Crippen LogP contribution is -1.89. The predicted octanol–water partition coefficient (Wildman–Crippen LogP) is 4.96. The summed E-state index contributed by atoms with van der Waals surface area (Å²) in [5.41, 5.74) is 1.42. The molecule has 106 valence electrons. The second kappa shape index (κ2) is 5.89. The zero-order valence-electron chi connectivity index (χ0n) is 10.5. The van der Waals surface area contributed by atoms with Crippen molar-refractivity contribution in [1.29, 1.82) is 0 Å². The molecule has 4 nitrogen and oxygen atoms in total. The molecule has 1 heterocycles. The van der Waals surface area contributed by atoms with E-state index in [1.54, 1.807) is 36.4 Å². The normalized spacial score (nSPS) is 10.6. The molecule has 0 bridgehead atoms. The van der Waals surface area contributed by atoms with Gasteiger partial charge in [0.1, 0.15) is 5.75 Å². The van der Waals surface area contributed by atoms with Crippen LogP contribution in [0.4, 0.5) is 10.8 Å². The fraction of sp³-hybridized carbons (Fsp3) is 0. The van der Waals surface area contributed by atoms with Crippen molar-refractivity contribution < 1.29 is 5.11 Å². The average molecular weight is 338 g/mol. The van der Waals surface area contributed by atoms with Crippen molar-refractivity contribution in [3.8, 4) is 16.3 Å². The summed E-state index contributed by atoms with van der Waals surface area (Å²) in [5, 5.41) is 23.2. The van der Waals surface area contributed by atoms with E-state index in [2.05, 4.69) is 15.5 Å². The van der Waals surface area contributed by atoms with Crippen molar-refractivity contribution in [2.45, 2.75) is 0 Å². The molecule has 21 heavy (non-hydrogen) atoms. The molecule has 0 amide bonds. The lowest BCUT2D eigenvalue weighted by molar-refractivity contribution is 0.477. The van der Waals surface area contributed by atoms with Gasteiger partial charge in [-0.1, -0.05) is 46.7 Å². The summed E-state index contributed by atoms with van der Waals surface area (Å²) >= 11 is 13.2. The number of anilines is 2. The highest BCUT2D eigenvalue weighted by Crippen LogP contribution is 2.34. The topological polar surface area (TPSA) is 58.0 Å². The summed E-state index contributed by atoms with van der Waals surface area (Å²) in [6, 6.07) is 12.2. The Morgan fingerprint density at radius 1 is 1.00 bits per heavy atom. The van der Waals surface area contributed by atoms with Crippen LogP contribution in [0.25, 0.3) is 10.6 Å². The predicted molar refractivity (Wildman–Crippen MR) is 86.8 cm³/mol. The van der Waals surface area contributed by atoms with Gasteiger partial charge >= 0.3 is 0 Å². The monoisotopic (exact) mass is 337 g/mol. The number of para-hydroxylation sites is 1. The molecular weight excluding hydrogens is 329 g/mol. The van der Waals surface area contributed by atoms with Crippen LogP contribution in [0.15, 0.2) is 42.5 Å². The maximum Gasteiger partial charge on any atom is 0.210 e. The first-order valence-electron chi connectivity index (χ1n) is 5.97. The Balaban J connectivity index is 1.85. The largest absolute Gasteiger partial charge is 0.507 e. The number of hydrogen-bond acceptors (Lipinski definition) is 5. The van der Waals surface area contributed by atoms with E-state index in [1.165, 1.54) is 11.3 Å². The minimum absolute atomic E-state index is 0.176. The third-order valence-electron chi connectivity index (χ3n) is 2.73. The van der Waals surface area contributed by atoms with Crippen molar-refractivity contribution >= 4 is 45.4 Å². The van der Waals surface area contributed by atoms with Gasteiger partial charge in [0.25, 0.3) is 0 Å². The van der Waals surface area contributed by atoms with E-state index < -0.39 is 0 Å². The summed E-state index contributed by atoms with van der Waals surface area (Å²) in [6.07, 6.45) is 0. The second-order valence-corrected chi connectivity index (χ2v) is 5.98. The number of nitrogens with one attached hydrogen (secondary N) is 1. The Morgan fingerprint density at radius 2 is 1.81 bits per heavy atom. The molecule has 3 rings (SSSR count). The summed E-state index contributed by atoms with van der Waals surface area (Å²) in [5.74, 6) is 0.176. The Morgan fingerprint density at radius 3 is 2.57 bits per heavy atom. The van der Waals surface area contributed by atoms with Crippen LogP contribution >= 0.6 is 34.5 Å².